The van der Waals surface area contributed by atoms with Crippen molar-refractivity contribution in [1.29, 1.82) is 0 Å². The molecule has 0 spiro atoms. The van der Waals surface area contributed by atoms with Crippen LogP contribution in [-0.2, 0) is 37.4 Å². The van der Waals surface area contributed by atoms with Crippen LogP contribution in [0.15, 0.2) is 30.5 Å². The van der Waals surface area contributed by atoms with E-state index in [0.717, 1.165) is 42.0 Å². The molecule has 0 saturated carbocycles. The van der Waals surface area contributed by atoms with Crippen LogP contribution in [0.5, 0.6) is 0 Å². The van der Waals surface area contributed by atoms with Gasteiger partial charge in [0.2, 0.25) is 23.6 Å². The number of hydrogen-bond donors (Lipinski definition) is 4. The maximum atomic E-state index is 14.3. The van der Waals surface area contributed by atoms with Crippen LogP contribution in [0.4, 0.5) is 0 Å². The number of aryl methyl sites for hydroxylation is 1. The van der Waals surface area contributed by atoms with Gasteiger partial charge < -0.3 is 40.8 Å². The number of fused-ring (bicyclic) bond motifs is 1. The van der Waals surface area contributed by atoms with E-state index >= 15 is 0 Å². The average Bonchev–Trinajstić information content (AvgIpc) is 3.42. The summed E-state index contributed by atoms with van der Waals surface area (Å²) in [4.78, 5) is 68.8. The molecule has 13 heteroatoms. The van der Waals surface area contributed by atoms with E-state index in [1.807, 2.05) is 45.3 Å². The number of nitrogens with one attached hydrogen (secondary N) is 3. The number of carbonyl (C=O) groups is 5. The topological polar surface area (TPSA) is 159 Å². The second-order valence-electron chi connectivity index (χ2n) is 12.6. The molecular weight excluding hydrogens is 643 g/mol. The number of rotatable bonds is 24. The maximum Gasteiger partial charge on any atom is 0.245 e. The van der Waals surface area contributed by atoms with Crippen molar-refractivity contribution in [1.82, 2.24) is 30.3 Å². The smallest absolute Gasteiger partial charge is 0.245 e. The Balaban J connectivity index is 2.27. The third-order valence-electron chi connectivity index (χ3n) is 8.99. The van der Waals surface area contributed by atoms with Crippen LogP contribution < -0.4 is 21.7 Å². The summed E-state index contributed by atoms with van der Waals surface area (Å²) in [5, 5.41) is 9.99. The minimum Gasteiger partial charge on any atom is -0.353 e. The van der Waals surface area contributed by atoms with Gasteiger partial charge in [-0.3, -0.25) is 19.2 Å². The predicted molar refractivity (Wildman–Crippen MR) is 198 cm³/mol. The van der Waals surface area contributed by atoms with Gasteiger partial charge in [-0.05, 0) is 57.3 Å². The number of likely N-dealkylation sites (N-methyl/N-ethyl adjacent to an activating group) is 3. The minimum atomic E-state index is -0.827. The summed E-state index contributed by atoms with van der Waals surface area (Å²) in [7, 11) is 7.02. The summed E-state index contributed by atoms with van der Waals surface area (Å²) in [6.45, 7) is 4.77. The van der Waals surface area contributed by atoms with Crippen molar-refractivity contribution < 1.29 is 24.0 Å². The van der Waals surface area contributed by atoms with E-state index in [2.05, 4.69) is 26.6 Å². The molecule has 0 radical (unpaired) electrons. The second-order valence-corrected chi connectivity index (χ2v) is 13.7. The first-order chi connectivity index (χ1) is 23.6. The molecule has 0 fully saturated rings. The Morgan fingerprint density at radius 3 is 2.20 bits per heavy atom. The van der Waals surface area contributed by atoms with Crippen LogP contribution in [0.25, 0.3) is 10.9 Å². The fourth-order valence-corrected chi connectivity index (χ4v) is 6.56. The average molecular weight is 702 g/mol. The molecule has 49 heavy (non-hydrogen) atoms. The van der Waals surface area contributed by atoms with E-state index < -0.39 is 30.1 Å². The zero-order chi connectivity index (χ0) is 36.3. The van der Waals surface area contributed by atoms with Crippen molar-refractivity contribution in [2.75, 3.05) is 45.7 Å². The van der Waals surface area contributed by atoms with Crippen LogP contribution in [-0.4, -0.2) is 114 Å². The van der Waals surface area contributed by atoms with E-state index in [1.54, 1.807) is 21.1 Å². The molecule has 4 amide bonds. The largest absolute Gasteiger partial charge is 0.353 e. The number of carbonyl (C=O) groups excluding carboxylic acids is 5. The van der Waals surface area contributed by atoms with E-state index in [-0.39, 0.29) is 17.7 Å². The van der Waals surface area contributed by atoms with Gasteiger partial charge in [0.25, 0.3) is 0 Å². The number of nitrogens with two attached hydrogens (primary N) is 1. The normalized spacial score (nSPS) is 13.7. The summed E-state index contributed by atoms with van der Waals surface area (Å²) in [6, 6.07) is 5.11. The molecule has 1 aromatic carbocycles. The number of benzene rings is 1. The zero-order valence-corrected chi connectivity index (χ0v) is 31.2. The standard InChI is InChI=1S/C36H59N7O5S/c1-7-9-16-31(34(46)40-28(15-13-19-37)33(45)39-20-22-49-23-21-44)42(5)36(48)32(17-10-8-2)43(6)35(47)29(38-3)24-26-25-41(4)30-18-12-11-14-27(26)30/h11-12,14,18,21,25,28-29,31-32,38H,7-10,13,15-17,19-20,22-24,37H2,1-6H3,(H,39,45)(H,40,46). The quantitative estimate of drug-likeness (QED) is 0.0961. The number of aromatic nitrogens is 1. The molecule has 4 unspecified atom stereocenters. The minimum absolute atomic E-state index is 0.197. The first-order valence-corrected chi connectivity index (χ1v) is 18.7. The van der Waals surface area contributed by atoms with Crippen LogP contribution in [0, 0.1) is 0 Å². The van der Waals surface area contributed by atoms with Gasteiger partial charge >= 0.3 is 0 Å². The molecule has 274 valence electrons. The lowest BCUT2D eigenvalue weighted by Crippen LogP contribution is -2.58. The van der Waals surface area contributed by atoms with Gasteiger partial charge in [0.15, 0.2) is 0 Å². The number of hydrogen-bond acceptors (Lipinski definition) is 8. The van der Waals surface area contributed by atoms with Crippen molar-refractivity contribution >= 4 is 52.6 Å². The third-order valence-corrected chi connectivity index (χ3v) is 9.86. The Kier molecular flexibility index (Phi) is 19.0. The molecule has 12 nitrogen and oxygen atoms in total. The van der Waals surface area contributed by atoms with Crippen LogP contribution >= 0.6 is 11.8 Å². The van der Waals surface area contributed by atoms with Gasteiger partial charge in [0, 0.05) is 56.3 Å². The predicted octanol–water partition coefficient (Wildman–Crippen LogP) is 2.62. The lowest BCUT2D eigenvalue weighted by Gasteiger charge is -2.36. The van der Waals surface area contributed by atoms with Gasteiger partial charge in [0.1, 0.15) is 24.4 Å². The van der Waals surface area contributed by atoms with E-state index in [0.29, 0.717) is 63.1 Å². The highest BCUT2D eigenvalue weighted by molar-refractivity contribution is 7.99. The van der Waals surface area contributed by atoms with Gasteiger partial charge in [-0.1, -0.05) is 57.7 Å². The van der Waals surface area contributed by atoms with Crippen molar-refractivity contribution in [3.8, 4) is 0 Å². The van der Waals surface area contributed by atoms with Crippen LogP contribution in [0.2, 0.25) is 0 Å². The second kappa shape index (κ2) is 22.3. The monoisotopic (exact) mass is 701 g/mol. The highest BCUT2D eigenvalue weighted by Crippen LogP contribution is 2.23. The Labute approximate surface area is 296 Å². The summed E-state index contributed by atoms with van der Waals surface area (Å²) in [6.07, 6.45) is 8.15. The summed E-state index contributed by atoms with van der Waals surface area (Å²) < 4.78 is 2.05. The number of nitrogens with zero attached hydrogens (tertiary/aromatic N) is 3. The third kappa shape index (κ3) is 12.4. The maximum absolute atomic E-state index is 14.3. The molecule has 0 aliphatic rings. The van der Waals surface area contributed by atoms with E-state index in [4.69, 9.17) is 5.73 Å². The van der Waals surface area contributed by atoms with Gasteiger partial charge in [0.05, 0.1) is 6.04 Å². The molecule has 0 saturated heterocycles. The fourth-order valence-electron chi connectivity index (χ4n) is 6.05. The number of para-hydroxylation sites is 1. The van der Waals surface area contributed by atoms with Crippen LogP contribution in [0.1, 0.15) is 70.8 Å². The summed E-state index contributed by atoms with van der Waals surface area (Å²) in [5.74, 6) is -0.326. The first-order valence-electron chi connectivity index (χ1n) is 17.6. The molecular formula is C36H59N7O5S. The Bertz CT molecular complexity index is 1350. The molecule has 5 N–H and O–H groups in total. The lowest BCUT2D eigenvalue weighted by atomic mass is 10.0. The van der Waals surface area contributed by atoms with E-state index in [9.17, 15) is 24.0 Å². The molecule has 2 rings (SSSR count). The highest BCUT2D eigenvalue weighted by atomic mass is 32.2. The van der Waals surface area contributed by atoms with Gasteiger partial charge in [-0.15, -0.1) is 0 Å². The van der Waals surface area contributed by atoms with Crippen LogP contribution in [0.3, 0.4) is 0 Å². The van der Waals surface area contributed by atoms with Crippen molar-refractivity contribution in [2.24, 2.45) is 12.8 Å². The Morgan fingerprint density at radius 2 is 1.57 bits per heavy atom. The molecule has 0 bridgehead atoms. The number of aldehydes is 1. The van der Waals surface area contributed by atoms with E-state index in [1.165, 1.54) is 21.6 Å². The molecule has 1 heterocycles. The SMILES string of the molecule is CCCCC(C(=O)N(C)C(CCCC)C(=O)NC(CCCN)C(=O)NCCSCC=O)N(C)C(=O)C(Cc1cn(C)c2ccccc12)NC. The molecule has 0 aliphatic heterocycles. The zero-order valence-electron chi connectivity index (χ0n) is 30.3. The lowest BCUT2D eigenvalue weighted by molar-refractivity contribution is -0.149. The number of thioether (sulfide) groups is 1. The molecule has 0 aliphatic carbocycles. The summed E-state index contributed by atoms with van der Waals surface area (Å²) >= 11 is 1.41. The number of unbranched alkanes of at least 4 members (excludes halogenated alkanes) is 2. The van der Waals surface area contributed by atoms with Gasteiger partial charge in [-0.2, -0.15) is 11.8 Å². The van der Waals surface area contributed by atoms with Crippen molar-refractivity contribution in [3.05, 3.63) is 36.0 Å². The first kappa shape index (κ1) is 41.7. The number of amides is 4. The molecule has 4 atom stereocenters. The molecule has 1 aromatic heterocycles. The van der Waals surface area contributed by atoms with Crippen molar-refractivity contribution in [2.45, 2.75) is 95.8 Å². The Hall–Kier alpha value is -3.42. The fraction of sp³-hybridized carbons (Fsp3) is 0.639. The Morgan fingerprint density at radius 1 is 0.918 bits per heavy atom. The summed E-state index contributed by atoms with van der Waals surface area (Å²) in [5.41, 5.74) is 7.85. The highest BCUT2D eigenvalue weighted by Gasteiger charge is 2.37. The van der Waals surface area contributed by atoms with Crippen molar-refractivity contribution in [3.63, 3.8) is 0 Å². The van der Waals surface area contributed by atoms with Gasteiger partial charge in [-0.25, -0.2) is 0 Å². The molecule has 2 aromatic rings.